The molecule has 3 rings (SSSR count). The van der Waals surface area contributed by atoms with E-state index in [1.165, 1.54) is 0 Å². The second kappa shape index (κ2) is 10.4. The molecule has 31 heavy (non-hydrogen) atoms. The van der Waals surface area contributed by atoms with Gasteiger partial charge in [0.15, 0.2) is 6.10 Å². The Morgan fingerprint density at radius 3 is 2.42 bits per heavy atom. The average molecular weight is 422 g/mol. The third kappa shape index (κ3) is 6.18. The predicted octanol–water partition coefficient (Wildman–Crippen LogP) is 3.77. The normalized spacial score (nSPS) is 11.6. The number of carbonyl (C=O) groups excluding carboxylic acids is 2. The summed E-state index contributed by atoms with van der Waals surface area (Å²) >= 11 is 0. The molecule has 0 aliphatic heterocycles. The molecule has 0 unspecified atom stereocenters. The van der Waals surface area contributed by atoms with Crippen molar-refractivity contribution in [1.29, 1.82) is 0 Å². The Kier molecular flexibility index (Phi) is 7.43. The molecule has 0 aliphatic carbocycles. The molecule has 0 saturated heterocycles. The molecule has 0 radical (unpaired) electrons. The maximum Gasteiger partial charge on any atom is 0.338 e. The Hall–Kier alpha value is -3.61. The SMILES string of the molecule is Cc1noc(C)c1COc1ccc(C(=O)O[C@@H](C)C(=O)NCCc2ccccc2)cc1. The fraction of sp³-hybridized carbons (Fsp3) is 0.292. The topological polar surface area (TPSA) is 90.7 Å². The van der Waals surface area contributed by atoms with Crippen LogP contribution < -0.4 is 10.1 Å². The molecular weight excluding hydrogens is 396 g/mol. The van der Waals surface area contributed by atoms with Crippen molar-refractivity contribution in [2.24, 2.45) is 0 Å². The van der Waals surface area contributed by atoms with Gasteiger partial charge in [0.05, 0.1) is 16.8 Å². The van der Waals surface area contributed by atoms with Gasteiger partial charge in [0.1, 0.15) is 18.1 Å². The lowest BCUT2D eigenvalue weighted by molar-refractivity contribution is -0.129. The van der Waals surface area contributed by atoms with Crippen molar-refractivity contribution in [3.8, 4) is 5.75 Å². The van der Waals surface area contributed by atoms with Crippen LogP contribution in [0, 0.1) is 13.8 Å². The van der Waals surface area contributed by atoms with Gasteiger partial charge in [0.25, 0.3) is 5.91 Å². The van der Waals surface area contributed by atoms with Crippen LogP contribution in [0.15, 0.2) is 59.1 Å². The van der Waals surface area contributed by atoms with Crippen LogP contribution in [0.3, 0.4) is 0 Å². The second-order valence-corrected chi connectivity index (χ2v) is 7.19. The molecule has 3 aromatic rings. The first-order valence-electron chi connectivity index (χ1n) is 10.1. The molecule has 0 fully saturated rings. The van der Waals surface area contributed by atoms with E-state index < -0.39 is 12.1 Å². The Bertz CT molecular complexity index is 993. The predicted molar refractivity (Wildman–Crippen MR) is 115 cm³/mol. The smallest absolute Gasteiger partial charge is 0.338 e. The molecule has 0 aliphatic rings. The minimum absolute atomic E-state index is 0.325. The summed E-state index contributed by atoms with van der Waals surface area (Å²) in [7, 11) is 0. The lowest BCUT2D eigenvalue weighted by Gasteiger charge is -2.14. The lowest BCUT2D eigenvalue weighted by atomic mass is 10.1. The highest BCUT2D eigenvalue weighted by atomic mass is 16.5. The zero-order valence-electron chi connectivity index (χ0n) is 17.9. The van der Waals surface area contributed by atoms with E-state index in [9.17, 15) is 9.59 Å². The molecule has 162 valence electrons. The van der Waals surface area contributed by atoms with Gasteiger partial charge in [-0.3, -0.25) is 4.79 Å². The van der Waals surface area contributed by atoms with E-state index in [1.54, 1.807) is 31.2 Å². The number of aryl methyl sites for hydroxylation is 2. The summed E-state index contributed by atoms with van der Waals surface area (Å²) in [6, 6.07) is 16.4. The fourth-order valence-electron chi connectivity index (χ4n) is 2.95. The standard InChI is InChI=1S/C24H26N2O5/c1-16-22(17(2)31-26-16)15-29-21-11-9-20(10-12-21)24(28)30-18(3)23(27)25-14-13-19-7-5-4-6-8-19/h4-12,18H,13-15H2,1-3H3,(H,25,27)/t18-/m0/s1. The number of rotatable bonds is 9. The number of ether oxygens (including phenoxy) is 2. The lowest BCUT2D eigenvalue weighted by Crippen LogP contribution is -2.36. The van der Waals surface area contributed by atoms with E-state index in [1.807, 2.05) is 44.2 Å². The number of aromatic nitrogens is 1. The zero-order chi connectivity index (χ0) is 22.2. The Morgan fingerprint density at radius 2 is 1.77 bits per heavy atom. The minimum Gasteiger partial charge on any atom is -0.489 e. The molecule has 1 atom stereocenters. The second-order valence-electron chi connectivity index (χ2n) is 7.19. The van der Waals surface area contributed by atoms with Crippen molar-refractivity contribution in [3.63, 3.8) is 0 Å². The zero-order valence-corrected chi connectivity index (χ0v) is 17.9. The first kappa shape index (κ1) is 22.1. The number of esters is 1. The number of nitrogens with zero attached hydrogens (tertiary/aromatic N) is 1. The molecule has 0 saturated carbocycles. The highest BCUT2D eigenvalue weighted by Crippen LogP contribution is 2.18. The summed E-state index contributed by atoms with van der Waals surface area (Å²) < 4.78 is 16.1. The number of nitrogens with one attached hydrogen (secondary N) is 1. The third-order valence-corrected chi connectivity index (χ3v) is 4.86. The molecule has 0 spiro atoms. The van der Waals surface area contributed by atoms with E-state index in [0.717, 1.165) is 16.8 Å². The average Bonchev–Trinajstić information content (AvgIpc) is 3.10. The summed E-state index contributed by atoms with van der Waals surface area (Å²) in [5.74, 6) is 0.420. The summed E-state index contributed by atoms with van der Waals surface area (Å²) in [6.45, 7) is 6.04. The number of hydrogen-bond acceptors (Lipinski definition) is 6. The largest absolute Gasteiger partial charge is 0.489 e. The molecule has 1 N–H and O–H groups in total. The fourth-order valence-corrected chi connectivity index (χ4v) is 2.95. The molecule has 1 aromatic heterocycles. The maximum atomic E-state index is 12.3. The van der Waals surface area contributed by atoms with Gasteiger partial charge >= 0.3 is 5.97 Å². The summed E-state index contributed by atoms with van der Waals surface area (Å²) in [6.07, 6.45) is -0.179. The van der Waals surface area contributed by atoms with E-state index in [2.05, 4.69) is 10.5 Å². The summed E-state index contributed by atoms with van der Waals surface area (Å²) in [5, 5.41) is 6.68. The quantitative estimate of drug-likeness (QED) is 0.528. The third-order valence-electron chi connectivity index (χ3n) is 4.86. The highest BCUT2D eigenvalue weighted by Gasteiger charge is 2.18. The monoisotopic (exact) mass is 422 g/mol. The molecule has 7 nitrogen and oxygen atoms in total. The molecule has 0 bridgehead atoms. The van der Waals surface area contributed by atoms with Crippen LogP contribution in [0.1, 0.15) is 39.9 Å². The van der Waals surface area contributed by atoms with Crippen LogP contribution in [0.5, 0.6) is 5.75 Å². The van der Waals surface area contributed by atoms with Crippen molar-refractivity contribution in [2.45, 2.75) is 39.9 Å². The van der Waals surface area contributed by atoms with Crippen LogP contribution in [0.25, 0.3) is 0 Å². The van der Waals surface area contributed by atoms with Gasteiger partial charge in [-0.15, -0.1) is 0 Å². The first-order valence-corrected chi connectivity index (χ1v) is 10.1. The van der Waals surface area contributed by atoms with Gasteiger partial charge in [-0.2, -0.15) is 0 Å². The number of amides is 1. The van der Waals surface area contributed by atoms with Crippen molar-refractivity contribution in [2.75, 3.05) is 6.54 Å². The van der Waals surface area contributed by atoms with Crippen LogP contribution >= 0.6 is 0 Å². The van der Waals surface area contributed by atoms with E-state index >= 15 is 0 Å². The van der Waals surface area contributed by atoms with E-state index in [-0.39, 0.29) is 5.91 Å². The number of carbonyl (C=O) groups is 2. The van der Waals surface area contributed by atoms with Gasteiger partial charge in [-0.05, 0) is 57.0 Å². The van der Waals surface area contributed by atoms with Gasteiger partial charge in [-0.25, -0.2) is 4.79 Å². The van der Waals surface area contributed by atoms with Gasteiger partial charge < -0.3 is 19.3 Å². The van der Waals surface area contributed by atoms with Crippen LogP contribution in [-0.2, 0) is 22.6 Å². The number of benzene rings is 2. The van der Waals surface area contributed by atoms with E-state index in [0.29, 0.717) is 36.6 Å². The number of hydrogen-bond donors (Lipinski definition) is 1. The van der Waals surface area contributed by atoms with Crippen LogP contribution in [0.4, 0.5) is 0 Å². The van der Waals surface area contributed by atoms with Gasteiger partial charge in [-0.1, -0.05) is 35.5 Å². The van der Waals surface area contributed by atoms with Crippen LogP contribution in [-0.4, -0.2) is 29.7 Å². The molecule has 7 heteroatoms. The Labute approximate surface area is 181 Å². The summed E-state index contributed by atoms with van der Waals surface area (Å²) in [4.78, 5) is 24.5. The summed E-state index contributed by atoms with van der Waals surface area (Å²) in [5.41, 5.74) is 3.15. The van der Waals surface area contributed by atoms with Crippen molar-refractivity contribution < 1.29 is 23.6 Å². The Balaban J connectivity index is 1.45. The van der Waals surface area contributed by atoms with Crippen molar-refractivity contribution in [1.82, 2.24) is 10.5 Å². The van der Waals surface area contributed by atoms with Crippen molar-refractivity contribution in [3.05, 3.63) is 82.7 Å². The minimum atomic E-state index is -0.890. The molecule has 2 aromatic carbocycles. The van der Waals surface area contributed by atoms with Gasteiger partial charge in [0, 0.05) is 6.54 Å². The molecule has 1 amide bonds. The van der Waals surface area contributed by atoms with Gasteiger partial charge in [0.2, 0.25) is 0 Å². The van der Waals surface area contributed by atoms with Crippen LogP contribution in [0.2, 0.25) is 0 Å². The Morgan fingerprint density at radius 1 is 1.06 bits per heavy atom. The molecule has 1 heterocycles. The highest BCUT2D eigenvalue weighted by molar-refractivity contribution is 5.92. The maximum absolute atomic E-state index is 12.3. The van der Waals surface area contributed by atoms with E-state index in [4.69, 9.17) is 14.0 Å². The molecular formula is C24H26N2O5. The van der Waals surface area contributed by atoms with Crippen molar-refractivity contribution >= 4 is 11.9 Å². The first-order chi connectivity index (χ1) is 14.9.